The highest BCUT2D eigenvalue weighted by atomic mass is 16.5. The van der Waals surface area contributed by atoms with Crippen molar-refractivity contribution in [1.82, 2.24) is 0 Å². The van der Waals surface area contributed by atoms with Crippen LogP contribution in [0.15, 0.2) is 12.2 Å². The standard InChI is InChI=1S/C16H28O4/c1-4-5-6-9-15(19-3)12(2)14(17)11-13-8-7-10-16(18)20-13/h7,10,12-15,17H,4-6,8-9,11H2,1-3H3/t12-,13-,14+,15+/m0/s1. The molecule has 4 nitrogen and oxygen atoms in total. The van der Waals surface area contributed by atoms with Crippen LogP contribution in [0.4, 0.5) is 0 Å². The number of hydrogen-bond acceptors (Lipinski definition) is 4. The number of ether oxygens (including phenoxy) is 2. The van der Waals surface area contributed by atoms with E-state index >= 15 is 0 Å². The van der Waals surface area contributed by atoms with Crippen molar-refractivity contribution in [3.8, 4) is 0 Å². The van der Waals surface area contributed by atoms with Crippen molar-refractivity contribution in [3.05, 3.63) is 12.2 Å². The largest absolute Gasteiger partial charge is 0.459 e. The van der Waals surface area contributed by atoms with Crippen LogP contribution in [0.1, 0.15) is 52.4 Å². The second kappa shape index (κ2) is 9.14. The zero-order valence-corrected chi connectivity index (χ0v) is 12.9. The molecule has 0 saturated heterocycles. The van der Waals surface area contributed by atoms with E-state index < -0.39 is 6.10 Å². The second-order valence-electron chi connectivity index (χ2n) is 5.63. The zero-order valence-electron chi connectivity index (χ0n) is 12.9. The molecule has 20 heavy (non-hydrogen) atoms. The Morgan fingerprint density at radius 2 is 2.25 bits per heavy atom. The van der Waals surface area contributed by atoms with Crippen molar-refractivity contribution in [2.75, 3.05) is 7.11 Å². The fourth-order valence-corrected chi connectivity index (χ4v) is 2.63. The van der Waals surface area contributed by atoms with Gasteiger partial charge in [0.05, 0.1) is 12.2 Å². The van der Waals surface area contributed by atoms with Crippen LogP contribution in [0.2, 0.25) is 0 Å². The second-order valence-corrected chi connectivity index (χ2v) is 5.63. The molecule has 1 rings (SSSR count). The molecule has 1 heterocycles. The van der Waals surface area contributed by atoms with Crippen LogP contribution in [0.3, 0.4) is 0 Å². The quantitative estimate of drug-likeness (QED) is 0.522. The first-order valence-electron chi connectivity index (χ1n) is 7.66. The normalized spacial score (nSPS) is 23.2. The summed E-state index contributed by atoms with van der Waals surface area (Å²) in [5, 5.41) is 10.3. The summed E-state index contributed by atoms with van der Waals surface area (Å²) in [5.41, 5.74) is 0. The molecular weight excluding hydrogens is 256 g/mol. The highest BCUT2D eigenvalue weighted by molar-refractivity contribution is 5.82. The van der Waals surface area contributed by atoms with Crippen molar-refractivity contribution >= 4 is 5.97 Å². The molecule has 0 fully saturated rings. The zero-order chi connectivity index (χ0) is 15.0. The lowest BCUT2D eigenvalue weighted by molar-refractivity contribution is -0.146. The minimum absolute atomic E-state index is 0.0430. The molecule has 116 valence electrons. The lowest BCUT2D eigenvalue weighted by Crippen LogP contribution is -2.35. The predicted octanol–water partition coefficient (Wildman–Crippen LogP) is 2.84. The summed E-state index contributed by atoms with van der Waals surface area (Å²) >= 11 is 0. The van der Waals surface area contributed by atoms with E-state index in [9.17, 15) is 9.90 Å². The molecule has 0 saturated carbocycles. The van der Waals surface area contributed by atoms with Gasteiger partial charge < -0.3 is 14.6 Å². The lowest BCUT2D eigenvalue weighted by Gasteiger charge is -2.29. The van der Waals surface area contributed by atoms with Gasteiger partial charge in [0, 0.05) is 31.9 Å². The third-order valence-electron chi connectivity index (χ3n) is 4.03. The predicted molar refractivity (Wildman–Crippen MR) is 78.4 cm³/mol. The van der Waals surface area contributed by atoms with Gasteiger partial charge in [-0.1, -0.05) is 39.2 Å². The fraction of sp³-hybridized carbons (Fsp3) is 0.812. The molecule has 0 radical (unpaired) electrons. The van der Waals surface area contributed by atoms with Gasteiger partial charge in [0.1, 0.15) is 6.10 Å². The van der Waals surface area contributed by atoms with Gasteiger partial charge >= 0.3 is 5.97 Å². The molecule has 1 aliphatic rings. The third kappa shape index (κ3) is 5.63. The van der Waals surface area contributed by atoms with Gasteiger partial charge in [0.2, 0.25) is 0 Å². The van der Waals surface area contributed by atoms with E-state index in [4.69, 9.17) is 9.47 Å². The smallest absolute Gasteiger partial charge is 0.330 e. The van der Waals surface area contributed by atoms with Gasteiger partial charge in [0.15, 0.2) is 0 Å². The highest BCUT2D eigenvalue weighted by Gasteiger charge is 2.28. The van der Waals surface area contributed by atoms with Crippen LogP contribution in [0.5, 0.6) is 0 Å². The molecule has 0 aromatic carbocycles. The lowest BCUT2D eigenvalue weighted by atomic mass is 9.90. The van der Waals surface area contributed by atoms with Gasteiger partial charge in [-0.05, 0) is 6.42 Å². The minimum atomic E-state index is -0.508. The first-order valence-corrected chi connectivity index (χ1v) is 7.66. The SMILES string of the molecule is CCCCC[C@@H](OC)[C@@H](C)[C@H](O)C[C@@H]1CC=CC(=O)O1. The topological polar surface area (TPSA) is 55.8 Å². The number of methoxy groups -OCH3 is 1. The summed E-state index contributed by atoms with van der Waals surface area (Å²) in [6.07, 6.45) is 8.20. The van der Waals surface area contributed by atoms with Crippen LogP contribution in [0.25, 0.3) is 0 Å². The highest BCUT2D eigenvalue weighted by Crippen LogP contribution is 2.23. The molecule has 0 aromatic rings. The first-order chi connectivity index (χ1) is 9.58. The molecule has 0 aliphatic carbocycles. The Morgan fingerprint density at radius 1 is 1.50 bits per heavy atom. The van der Waals surface area contributed by atoms with E-state index in [2.05, 4.69) is 6.92 Å². The Balaban J connectivity index is 2.41. The fourth-order valence-electron chi connectivity index (χ4n) is 2.63. The van der Waals surface area contributed by atoms with Gasteiger partial charge in [-0.25, -0.2) is 4.79 Å². The average Bonchev–Trinajstić information content (AvgIpc) is 2.43. The maximum absolute atomic E-state index is 11.2. The number of carbonyl (C=O) groups excluding carboxylic acids is 1. The molecule has 0 aromatic heterocycles. The average molecular weight is 284 g/mol. The molecule has 4 atom stereocenters. The van der Waals surface area contributed by atoms with Crippen molar-refractivity contribution in [3.63, 3.8) is 0 Å². The number of aliphatic hydroxyl groups excluding tert-OH is 1. The van der Waals surface area contributed by atoms with Gasteiger partial charge in [-0.3, -0.25) is 0 Å². The Hall–Kier alpha value is -0.870. The summed E-state index contributed by atoms with van der Waals surface area (Å²) in [6, 6.07) is 0. The van der Waals surface area contributed by atoms with E-state index in [1.165, 1.54) is 18.9 Å². The molecule has 1 aliphatic heterocycles. The Morgan fingerprint density at radius 3 is 2.85 bits per heavy atom. The van der Waals surface area contributed by atoms with Crippen LogP contribution < -0.4 is 0 Å². The summed E-state index contributed by atoms with van der Waals surface area (Å²) < 4.78 is 10.7. The van der Waals surface area contributed by atoms with Gasteiger partial charge in [-0.15, -0.1) is 0 Å². The molecule has 0 bridgehead atoms. The van der Waals surface area contributed by atoms with Crippen LogP contribution >= 0.6 is 0 Å². The summed E-state index contributed by atoms with van der Waals surface area (Å²) in [6.45, 7) is 4.18. The molecule has 4 heteroatoms. The molecule has 0 spiro atoms. The van der Waals surface area contributed by atoms with Gasteiger partial charge in [-0.2, -0.15) is 0 Å². The number of rotatable bonds is 9. The maximum atomic E-state index is 11.2. The first kappa shape index (κ1) is 17.2. The van der Waals surface area contributed by atoms with E-state index in [0.717, 1.165) is 12.8 Å². The van der Waals surface area contributed by atoms with Gasteiger partial charge in [0.25, 0.3) is 0 Å². The number of esters is 1. The number of carbonyl (C=O) groups is 1. The Labute approximate surface area is 122 Å². The van der Waals surface area contributed by atoms with Crippen LogP contribution in [-0.2, 0) is 14.3 Å². The van der Waals surface area contributed by atoms with Crippen LogP contribution in [0, 0.1) is 5.92 Å². The van der Waals surface area contributed by atoms with Crippen molar-refractivity contribution in [2.24, 2.45) is 5.92 Å². The van der Waals surface area contributed by atoms with Crippen molar-refractivity contribution in [1.29, 1.82) is 0 Å². The van der Waals surface area contributed by atoms with Crippen molar-refractivity contribution < 1.29 is 19.4 Å². The van der Waals surface area contributed by atoms with E-state index in [1.54, 1.807) is 7.11 Å². The number of unbranched alkanes of at least 4 members (excludes halogenated alkanes) is 2. The third-order valence-corrected chi connectivity index (χ3v) is 4.03. The van der Waals surface area contributed by atoms with E-state index in [1.807, 2.05) is 13.0 Å². The number of hydrogen-bond donors (Lipinski definition) is 1. The summed E-state index contributed by atoms with van der Waals surface area (Å²) in [4.78, 5) is 11.2. The Kier molecular flexibility index (Phi) is 7.85. The number of aliphatic hydroxyl groups is 1. The number of cyclic esters (lactones) is 1. The molecule has 0 amide bonds. The molecular formula is C16H28O4. The van der Waals surface area contributed by atoms with Crippen molar-refractivity contribution in [2.45, 2.75) is 70.7 Å². The van der Waals surface area contributed by atoms with E-state index in [-0.39, 0.29) is 24.1 Å². The van der Waals surface area contributed by atoms with E-state index in [0.29, 0.717) is 12.8 Å². The van der Waals surface area contributed by atoms with Crippen LogP contribution in [-0.4, -0.2) is 36.5 Å². The Bertz CT molecular complexity index is 314. The molecule has 1 N–H and O–H groups in total. The molecule has 0 unspecified atom stereocenters. The minimum Gasteiger partial charge on any atom is -0.459 e. The summed E-state index contributed by atoms with van der Waals surface area (Å²) in [7, 11) is 1.70. The summed E-state index contributed by atoms with van der Waals surface area (Å²) in [5.74, 6) is -0.270. The monoisotopic (exact) mass is 284 g/mol. The maximum Gasteiger partial charge on any atom is 0.330 e.